The maximum Gasteiger partial charge on any atom is 0.267 e. The molecule has 2 amide bonds. The van der Waals surface area contributed by atoms with Crippen LogP contribution in [0.3, 0.4) is 0 Å². The minimum Gasteiger partial charge on any atom is -0.457 e. The van der Waals surface area contributed by atoms with Crippen molar-refractivity contribution in [2.45, 2.75) is 0 Å². The molecule has 0 bridgehead atoms. The lowest BCUT2D eigenvalue weighted by Gasteiger charge is -2.13. The fourth-order valence-electron chi connectivity index (χ4n) is 2.52. The molecule has 3 aromatic carbocycles. The molecule has 146 valence electrons. The van der Waals surface area contributed by atoms with E-state index in [1.807, 2.05) is 0 Å². The largest absolute Gasteiger partial charge is 0.457 e. The van der Waals surface area contributed by atoms with E-state index in [9.17, 15) is 14.0 Å². The molecule has 0 saturated heterocycles. The molecule has 3 rings (SSSR count). The number of benzene rings is 3. The Morgan fingerprint density at radius 2 is 1.62 bits per heavy atom. The summed E-state index contributed by atoms with van der Waals surface area (Å²) in [4.78, 5) is 24.0. The molecule has 0 saturated carbocycles. The topological polar surface area (TPSA) is 87.7 Å². The van der Waals surface area contributed by atoms with Crippen LogP contribution in [-0.4, -0.2) is 17.0 Å². The minimum atomic E-state index is -0.691. The second-order valence-electron chi connectivity index (χ2n) is 5.90. The standard InChI is InChI=1S/C22H17FN2O4/c23-16-10-12-17(13-11-16)29-20-8-4-2-6-18(20)22(27)24-19-7-3-1-5-15(19)9-14-21(26)25-28/h1-14,28H,(H,24,27)(H,25,26). The number of carbonyl (C=O) groups is 2. The third-order valence-corrected chi connectivity index (χ3v) is 3.91. The molecule has 0 aliphatic carbocycles. The molecule has 0 radical (unpaired) electrons. The molecule has 29 heavy (non-hydrogen) atoms. The van der Waals surface area contributed by atoms with Crippen molar-refractivity contribution in [1.29, 1.82) is 0 Å². The van der Waals surface area contributed by atoms with Gasteiger partial charge < -0.3 is 10.1 Å². The number of para-hydroxylation sites is 2. The molecule has 3 aromatic rings. The smallest absolute Gasteiger partial charge is 0.267 e. The van der Waals surface area contributed by atoms with E-state index in [0.717, 1.165) is 6.08 Å². The summed E-state index contributed by atoms with van der Waals surface area (Å²) in [5.41, 5.74) is 2.82. The number of hydroxylamine groups is 1. The van der Waals surface area contributed by atoms with Crippen LogP contribution >= 0.6 is 0 Å². The van der Waals surface area contributed by atoms with Crippen molar-refractivity contribution in [3.63, 3.8) is 0 Å². The number of amides is 2. The van der Waals surface area contributed by atoms with E-state index in [1.54, 1.807) is 48.5 Å². The summed E-state index contributed by atoms with van der Waals surface area (Å²) >= 11 is 0. The number of nitrogens with one attached hydrogen (secondary N) is 2. The van der Waals surface area contributed by atoms with Crippen molar-refractivity contribution in [2.75, 3.05) is 5.32 Å². The second-order valence-corrected chi connectivity index (χ2v) is 5.90. The first kappa shape index (κ1) is 19.8. The lowest BCUT2D eigenvalue weighted by molar-refractivity contribution is -0.124. The zero-order valence-corrected chi connectivity index (χ0v) is 15.1. The van der Waals surface area contributed by atoms with E-state index in [4.69, 9.17) is 9.94 Å². The summed E-state index contributed by atoms with van der Waals surface area (Å²) < 4.78 is 18.8. The first-order valence-corrected chi connectivity index (χ1v) is 8.62. The summed E-state index contributed by atoms with van der Waals surface area (Å²) in [6.07, 6.45) is 2.60. The molecule has 0 heterocycles. The van der Waals surface area contributed by atoms with Crippen LogP contribution in [0.15, 0.2) is 78.9 Å². The molecule has 6 nitrogen and oxygen atoms in total. The van der Waals surface area contributed by atoms with E-state index < -0.39 is 11.8 Å². The Hall–Kier alpha value is -3.97. The predicted molar refractivity (Wildman–Crippen MR) is 106 cm³/mol. The summed E-state index contributed by atoms with van der Waals surface area (Å²) in [7, 11) is 0. The molecule has 7 heteroatoms. The van der Waals surface area contributed by atoms with Crippen molar-refractivity contribution in [3.05, 3.63) is 95.8 Å². The number of anilines is 1. The fraction of sp³-hybridized carbons (Fsp3) is 0. The fourth-order valence-corrected chi connectivity index (χ4v) is 2.52. The Morgan fingerprint density at radius 1 is 0.931 bits per heavy atom. The third-order valence-electron chi connectivity index (χ3n) is 3.91. The van der Waals surface area contributed by atoms with Crippen molar-refractivity contribution >= 4 is 23.6 Å². The normalized spacial score (nSPS) is 10.6. The maximum atomic E-state index is 13.1. The van der Waals surface area contributed by atoms with E-state index in [0.29, 0.717) is 22.7 Å². The number of carbonyl (C=O) groups excluding carboxylic acids is 2. The van der Waals surface area contributed by atoms with Crippen molar-refractivity contribution in [2.24, 2.45) is 0 Å². The highest BCUT2D eigenvalue weighted by molar-refractivity contribution is 6.07. The summed E-state index contributed by atoms with van der Waals surface area (Å²) in [5, 5.41) is 11.4. The van der Waals surface area contributed by atoms with Crippen LogP contribution in [0.5, 0.6) is 11.5 Å². The van der Waals surface area contributed by atoms with E-state index >= 15 is 0 Å². The number of rotatable bonds is 6. The Labute approximate surface area is 166 Å². The van der Waals surface area contributed by atoms with Gasteiger partial charge in [-0.1, -0.05) is 30.3 Å². The number of hydrogen-bond donors (Lipinski definition) is 3. The van der Waals surface area contributed by atoms with Gasteiger partial charge in [0.05, 0.1) is 5.56 Å². The molecule has 0 aliphatic heterocycles. The van der Waals surface area contributed by atoms with Gasteiger partial charge in [0.1, 0.15) is 17.3 Å². The molecule has 0 aliphatic rings. The van der Waals surface area contributed by atoms with Crippen molar-refractivity contribution in [1.82, 2.24) is 5.48 Å². The van der Waals surface area contributed by atoms with Crippen molar-refractivity contribution in [3.8, 4) is 11.5 Å². The monoisotopic (exact) mass is 392 g/mol. The molecule has 0 fully saturated rings. The second kappa shape index (κ2) is 9.29. The molecule has 0 spiro atoms. The van der Waals surface area contributed by atoms with Crippen molar-refractivity contribution < 1.29 is 23.9 Å². The molecular formula is C22H17FN2O4. The van der Waals surface area contributed by atoms with Gasteiger partial charge in [0.2, 0.25) is 0 Å². The van der Waals surface area contributed by atoms with Gasteiger partial charge >= 0.3 is 0 Å². The van der Waals surface area contributed by atoms with Gasteiger partial charge in [-0.3, -0.25) is 14.8 Å². The van der Waals surface area contributed by atoms with Gasteiger partial charge in [-0.25, -0.2) is 9.87 Å². The van der Waals surface area contributed by atoms with Crippen LogP contribution in [0, 0.1) is 5.82 Å². The third kappa shape index (κ3) is 5.27. The number of hydrogen-bond acceptors (Lipinski definition) is 4. The van der Waals surface area contributed by atoms with Crippen LogP contribution in [0.2, 0.25) is 0 Å². The summed E-state index contributed by atoms with van der Waals surface area (Å²) in [6, 6.07) is 19.0. The number of ether oxygens (including phenoxy) is 1. The lowest BCUT2D eigenvalue weighted by atomic mass is 10.1. The predicted octanol–water partition coefficient (Wildman–Crippen LogP) is 4.39. The first-order valence-electron chi connectivity index (χ1n) is 8.62. The van der Waals surface area contributed by atoms with Gasteiger partial charge in [0.25, 0.3) is 11.8 Å². The van der Waals surface area contributed by atoms with E-state index in [-0.39, 0.29) is 11.4 Å². The van der Waals surface area contributed by atoms with Crippen LogP contribution in [0.25, 0.3) is 6.08 Å². The van der Waals surface area contributed by atoms with Gasteiger partial charge in [-0.05, 0) is 54.1 Å². The Kier molecular flexibility index (Phi) is 6.34. The average Bonchev–Trinajstić information content (AvgIpc) is 2.74. The SMILES string of the molecule is O=C(C=Cc1ccccc1NC(=O)c1ccccc1Oc1ccc(F)cc1)NO. The zero-order valence-electron chi connectivity index (χ0n) is 15.1. The van der Waals surface area contributed by atoms with Gasteiger partial charge in [-0.15, -0.1) is 0 Å². The quantitative estimate of drug-likeness (QED) is 0.330. The molecular weight excluding hydrogens is 375 g/mol. The average molecular weight is 392 g/mol. The first-order chi connectivity index (χ1) is 14.1. The lowest BCUT2D eigenvalue weighted by Crippen LogP contribution is -2.15. The Balaban J connectivity index is 1.83. The molecule has 3 N–H and O–H groups in total. The van der Waals surface area contributed by atoms with E-state index in [2.05, 4.69) is 5.32 Å². The van der Waals surface area contributed by atoms with Gasteiger partial charge in [0, 0.05) is 11.8 Å². The highest BCUT2D eigenvalue weighted by atomic mass is 19.1. The maximum absolute atomic E-state index is 13.1. The highest BCUT2D eigenvalue weighted by Gasteiger charge is 2.14. The molecule has 0 aromatic heterocycles. The van der Waals surface area contributed by atoms with Gasteiger partial charge in [-0.2, -0.15) is 0 Å². The Bertz CT molecular complexity index is 1050. The van der Waals surface area contributed by atoms with Crippen LogP contribution in [0.1, 0.15) is 15.9 Å². The Morgan fingerprint density at radius 3 is 2.38 bits per heavy atom. The van der Waals surface area contributed by atoms with Gasteiger partial charge in [0.15, 0.2) is 0 Å². The molecule has 0 unspecified atom stereocenters. The van der Waals surface area contributed by atoms with E-state index in [1.165, 1.54) is 35.8 Å². The minimum absolute atomic E-state index is 0.281. The summed E-state index contributed by atoms with van der Waals surface area (Å²) in [5.74, 6) is -0.795. The van der Waals surface area contributed by atoms with Crippen LogP contribution in [-0.2, 0) is 4.79 Å². The molecule has 0 atom stereocenters. The number of halogens is 1. The summed E-state index contributed by atoms with van der Waals surface area (Å²) in [6.45, 7) is 0. The van der Waals surface area contributed by atoms with Crippen LogP contribution < -0.4 is 15.5 Å². The highest BCUT2D eigenvalue weighted by Crippen LogP contribution is 2.27. The van der Waals surface area contributed by atoms with Crippen LogP contribution in [0.4, 0.5) is 10.1 Å². The zero-order chi connectivity index (χ0) is 20.6.